The van der Waals surface area contributed by atoms with E-state index in [0.29, 0.717) is 70.6 Å². The van der Waals surface area contributed by atoms with Crippen molar-refractivity contribution in [2.75, 3.05) is 59.5 Å². The third-order valence-electron chi connectivity index (χ3n) is 6.86. The first-order chi connectivity index (χ1) is 22.5. The van der Waals surface area contributed by atoms with Crippen molar-refractivity contribution in [3.8, 4) is 0 Å². The second kappa shape index (κ2) is 21.0. The van der Waals surface area contributed by atoms with E-state index in [-0.39, 0.29) is 18.5 Å². The molecule has 4 rings (SSSR count). The molecule has 0 saturated heterocycles. The summed E-state index contributed by atoms with van der Waals surface area (Å²) in [6.45, 7) is 10.5. The Kier molecular flexibility index (Phi) is 16.7. The number of rotatable bonds is 18. The number of aliphatic hydroxyl groups is 1. The molecule has 4 aromatic carbocycles. The maximum Gasteiger partial charge on any atom is 0.338 e. The Morgan fingerprint density at radius 3 is 1.35 bits per heavy atom. The number of ether oxygens (including phenoxy) is 6. The molecule has 0 aliphatic carbocycles. The van der Waals surface area contributed by atoms with Crippen LogP contribution in [0.2, 0.25) is 0 Å². The molecule has 0 aliphatic heterocycles. The lowest BCUT2D eigenvalue weighted by molar-refractivity contribution is 0.0277. The summed E-state index contributed by atoms with van der Waals surface area (Å²) >= 11 is 0. The van der Waals surface area contributed by atoms with Gasteiger partial charge in [0, 0.05) is 6.61 Å². The third-order valence-corrected chi connectivity index (χ3v) is 6.86. The van der Waals surface area contributed by atoms with Crippen LogP contribution in [-0.4, -0.2) is 76.5 Å². The number of benzene rings is 4. The van der Waals surface area contributed by atoms with Crippen LogP contribution in [0, 0.1) is 0 Å². The van der Waals surface area contributed by atoms with E-state index in [1.54, 1.807) is 13.0 Å². The summed E-state index contributed by atoms with van der Waals surface area (Å²) in [4.78, 5) is 24.1. The summed E-state index contributed by atoms with van der Waals surface area (Å²) in [7, 11) is 0. The zero-order valence-corrected chi connectivity index (χ0v) is 27.1. The van der Waals surface area contributed by atoms with Crippen molar-refractivity contribution in [3.05, 3.63) is 95.1 Å². The fourth-order valence-electron chi connectivity index (χ4n) is 4.76. The van der Waals surface area contributed by atoms with E-state index in [9.17, 15) is 9.59 Å². The number of esters is 2. The van der Waals surface area contributed by atoms with Crippen molar-refractivity contribution in [2.45, 2.75) is 40.4 Å². The first kappa shape index (κ1) is 36.6. The number of carbonyl (C=O) groups excluding carboxylic acids is 2. The van der Waals surface area contributed by atoms with Crippen molar-refractivity contribution in [1.29, 1.82) is 0 Å². The van der Waals surface area contributed by atoms with Crippen LogP contribution < -0.4 is 0 Å². The SMILES string of the molecule is CCCOCCOCc1ccc(C(=O)OCC)c2ccccc12.CCOC(=O)c1ccc(COCCOCCO)c2ccccc12. The van der Waals surface area contributed by atoms with Crippen LogP contribution in [-0.2, 0) is 41.6 Å². The molecule has 0 saturated carbocycles. The van der Waals surface area contributed by atoms with E-state index >= 15 is 0 Å². The van der Waals surface area contributed by atoms with Gasteiger partial charge in [-0.25, -0.2) is 9.59 Å². The predicted octanol–water partition coefficient (Wildman–Crippen LogP) is 6.50. The van der Waals surface area contributed by atoms with Crippen LogP contribution in [0.3, 0.4) is 0 Å². The summed E-state index contributed by atoms with van der Waals surface area (Å²) in [6, 6.07) is 23.0. The molecule has 0 atom stereocenters. The van der Waals surface area contributed by atoms with E-state index < -0.39 is 0 Å². The lowest BCUT2D eigenvalue weighted by Gasteiger charge is -2.11. The summed E-state index contributed by atoms with van der Waals surface area (Å²) in [5.74, 6) is -0.599. The first-order valence-electron chi connectivity index (χ1n) is 15.8. The quantitative estimate of drug-likeness (QED) is 0.0969. The van der Waals surface area contributed by atoms with Gasteiger partial charge < -0.3 is 33.5 Å². The molecule has 0 radical (unpaired) electrons. The van der Waals surface area contributed by atoms with Crippen molar-refractivity contribution >= 4 is 33.5 Å². The topological polar surface area (TPSA) is 110 Å². The van der Waals surface area contributed by atoms with Gasteiger partial charge in [0.05, 0.1) is 77.2 Å². The maximum atomic E-state index is 12.1. The summed E-state index contributed by atoms with van der Waals surface area (Å²) in [5, 5.41) is 12.4. The molecule has 248 valence electrons. The second-order valence-electron chi connectivity index (χ2n) is 10.1. The van der Waals surface area contributed by atoms with Gasteiger partial charge >= 0.3 is 11.9 Å². The minimum atomic E-state index is -0.312. The smallest absolute Gasteiger partial charge is 0.338 e. The zero-order valence-electron chi connectivity index (χ0n) is 27.1. The highest BCUT2D eigenvalue weighted by Gasteiger charge is 2.14. The number of carbonyl (C=O) groups is 2. The molecule has 0 aliphatic rings. The minimum absolute atomic E-state index is 0.0138. The normalized spacial score (nSPS) is 10.9. The molecule has 46 heavy (non-hydrogen) atoms. The maximum absolute atomic E-state index is 12.1. The summed E-state index contributed by atoms with van der Waals surface area (Å²) < 4.78 is 32.1. The van der Waals surface area contributed by atoms with Gasteiger partial charge in [0.1, 0.15) is 0 Å². The number of aliphatic hydroxyl groups excluding tert-OH is 1. The number of fused-ring (bicyclic) bond motifs is 2. The zero-order chi connectivity index (χ0) is 33.0. The van der Waals surface area contributed by atoms with E-state index in [0.717, 1.165) is 45.7 Å². The molecule has 0 heterocycles. The molecule has 9 nitrogen and oxygen atoms in total. The molecule has 1 N–H and O–H groups in total. The molecule has 0 bridgehead atoms. The van der Waals surface area contributed by atoms with Gasteiger partial charge in [-0.2, -0.15) is 0 Å². The van der Waals surface area contributed by atoms with Gasteiger partial charge in [0.25, 0.3) is 0 Å². The van der Waals surface area contributed by atoms with Crippen LogP contribution in [0.5, 0.6) is 0 Å². The van der Waals surface area contributed by atoms with Crippen LogP contribution in [0.4, 0.5) is 0 Å². The number of hydrogen-bond donors (Lipinski definition) is 1. The fraction of sp³-hybridized carbons (Fsp3) is 0.405. The monoisotopic (exact) mass is 634 g/mol. The van der Waals surface area contributed by atoms with Gasteiger partial charge in [0.2, 0.25) is 0 Å². The van der Waals surface area contributed by atoms with E-state index in [4.69, 9.17) is 33.5 Å². The molecule has 0 aromatic heterocycles. The van der Waals surface area contributed by atoms with Crippen molar-refractivity contribution in [3.63, 3.8) is 0 Å². The molecule has 0 amide bonds. The Balaban J connectivity index is 0.000000250. The van der Waals surface area contributed by atoms with Gasteiger partial charge in [-0.15, -0.1) is 0 Å². The average molecular weight is 635 g/mol. The van der Waals surface area contributed by atoms with Crippen LogP contribution in [0.1, 0.15) is 59.0 Å². The molecule has 9 heteroatoms. The molecule has 0 fully saturated rings. The Morgan fingerprint density at radius 1 is 0.522 bits per heavy atom. The van der Waals surface area contributed by atoms with Gasteiger partial charge in [-0.1, -0.05) is 67.6 Å². The van der Waals surface area contributed by atoms with Crippen molar-refractivity contribution in [1.82, 2.24) is 0 Å². The summed E-state index contributed by atoms with van der Waals surface area (Å²) in [6.07, 6.45) is 1.01. The molecule has 0 unspecified atom stereocenters. The molecule has 4 aromatic rings. The van der Waals surface area contributed by atoms with Crippen LogP contribution in [0.15, 0.2) is 72.8 Å². The fourth-order valence-corrected chi connectivity index (χ4v) is 4.76. The minimum Gasteiger partial charge on any atom is -0.462 e. The average Bonchev–Trinajstić information content (AvgIpc) is 3.08. The van der Waals surface area contributed by atoms with Crippen molar-refractivity contribution in [2.24, 2.45) is 0 Å². The Morgan fingerprint density at radius 2 is 0.935 bits per heavy atom. The highest BCUT2D eigenvalue weighted by Crippen LogP contribution is 2.25. The Bertz CT molecular complexity index is 1390. The predicted molar refractivity (Wildman–Crippen MR) is 178 cm³/mol. The first-order valence-corrected chi connectivity index (χ1v) is 15.8. The molecular formula is C37H46O9. The molecular weight excluding hydrogens is 588 g/mol. The lowest BCUT2D eigenvalue weighted by Crippen LogP contribution is -2.08. The highest BCUT2D eigenvalue weighted by atomic mass is 16.5. The van der Waals surface area contributed by atoms with Gasteiger partial charge in [-0.3, -0.25) is 0 Å². The van der Waals surface area contributed by atoms with Crippen molar-refractivity contribution < 1.29 is 43.1 Å². The Labute approximate surface area is 271 Å². The van der Waals surface area contributed by atoms with Crippen LogP contribution in [0.25, 0.3) is 21.5 Å². The number of hydrogen-bond acceptors (Lipinski definition) is 9. The van der Waals surface area contributed by atoms with Gasteiger partial charge in [0.15, 0.2) is 0 Å². The highest BCUT2D eigenvalue weighted by molar-refractivity contribution is 6.06. The van der Waals surface area contributed by atoms with E-state index in [2.05, 4.69) is 6.92 Å². The van der Waals surface area contributed by atoms with Crippen LogP contribution >= 0.6 is 0 Å². The Hall–Kier alpha value is -3.86. The van der Waals surface area contributed by atoms with E-state index in [1.165, 1.54) is 0 Å². The second-order valence-corrected chi connectivity index (χ2v) is 10.1. The largest absolute Gasteiger partial charge is 0.462 e. The standard InChI is InChI=1S/C19H24O4.C18H22O5/c1-3-11-21-12-13-22-14-15-9-10-18(19(20)23-4-2)17-8-6-5-7-16(15)17;1-2-23-18(20)17-8-7-14(13-22-12-11-21-10-9-19)15-5-3-4-6-16(15)17/h5-10H,3-4,11-14H2,1-2H3;3-8,19H,2,9-13H2,1H3. The third kappa shape index (κ3) is 11.2. The van der Waals surface area contributed by atoms with E-state index in [1.807, 2.05) is 73.7 Å². The lowest BCUT2D eigenvalue weighted by atomic mass is 10.00. The van der Waals surface area contributed by atoms with Gasteiger partial charge in [-0.05, 0) is 65.1 Å². The molecule has 0 spiro atoms. The summed E-state index contributed by atoms with van der Waals surface area (Å²) in [5.41, 5.74) is 3.23.